The van der Waals surface area contributed by atoms with E-state index in [1.165, 1.54) is 10.5 Å². The third kappa shape index (κ3) is 5.71. The summed E-state index contributed by atoms with van der Waals surface area (Å²) in [4.78, 5) is 15.6. The van der Waals surface area contributed by atoms with Crippen LogP contribution in [0, 0.1) is 0 Å². The molecule has 1 atom stereocenters. The molecule has 6 nitrogen and oxygen atoms in total. The highest BCUT2D eigenvalue weighted by Gasteiger charge is 2.30. The maximum absolute atomic E-state index is 12.7. The van der Waals surface area contributed by atoms with E-state index in [0.717, 1.165) is 38.3 Å². The van der Waals surface area contributed by atoms with Crippen molar-refractivity contribution in [2.45, 2.75) is 26.1 Å². The minimum Gasteiger partial charge on any atom is -0.493 e. The molecule has 0 radical (unpaired) electrons. The molecule has 1 aliphatic rings. The summed E-state index contributed by atoms with van der Waals surface area (Å²) in [5, 5.41) is 3.07. The highest BCUT2D eigenvalue weighted by Crippen LogP contribution is 2.27. The summed E-state index contributed by atoms with van der Waals surface area (Å²) in [6, 6.07) is 16.3. The van der Waals surface area contributed by atoms with Gasteiger partial charge < -0.3 is 24.6 Å². The van der Waals surface area contributed by atoms with Gasteiger partial charge in [0, 0.05) is 12.1 Å². The Balaban J connectivity index is 1.46. The lowest BCUT2D eigenvalue weighted by molar-refractivity contribution is -1.02. The Bertz CT molecular complexity index is 789. The van der Waals surface area contributed by atoms with Crippen LogP contribution in [0.4, 0.5) is 0 Å². The molecule has 1 heterocycles. The van der Waals surface area contributed by atoms with Gasteiger partial charge in [-0.2, -0.15) is 0 Å². The number of amides is 1. The lowest BCUT2D eigenvalue weighted by Crippen LogP contribution is -3.29. The molecule has 29 heavy (non-hydrogen) atoms. The molecule has 0 saturated carbocycles. The van der Waals surface area contributed by atoms with E-state index in [9.17, 15) is 4.79 Å². The molecular weight excluding hydrogens is 366 g/mol. The number of hydrogen-bond acceptors (Lipinski definition) is 3. The van der Waals surface area contributed by atoms with Gasteiger partial charge in [0.1, 0.15) is 32.7 Å². The lowest BCUT2D eigenvalue weighted by Gasteiger charge is -2.32. The van der Waals surface area contributed by atoms with Crippen molar-refractivity contribution in [3.05, 3.63) is 59.7 Å². The number of rotatable bonds is 8. The predicted octanol–water partition coefficient (Wildman–Crippen LogP) is -0.308. The first kappa shape index (κ1) is 21.1. The van der Waals surface area contributed by atoms with E-state index in [0.29, 0.717) is 18.0 Å². The van der Waals surface area contributed by atoms with Crippen LogP contribution in [-0.4, -0.2) is 52.3 Å². The summed E-state index contributed by atoms with van der Waals surface area (Å²) in [5.41, 5.74) is 2.38. The van der Waals surface area contributed by atoms with Crippen LogP contribution in [0.25, 0.3) is 0 Å². The zero-order valence-electron chi connectivity index (χ0n) is 17.7. The van der Waals surface area contributed by atoms with Gasteiger partial charge in [-0.3, -0.25) is 4.79 Å². The Morgan fingerprint density at radius 2 is 1.66 bits per heavy atom. The third-order valence-corrected chi connectivity index (χ3v) is 5.82. The molecule has 3 rings (SSSR count). The van der Waals surface area contributed by atoms with E-state index < -0.39 is 0 Å². The van der Waals surface area contributed by atoms with E-state index in [1.807, 2.05) is 25.1 Å². The average Bonchev–Trinajstić information content (AvgIpc) is 2.78. The van der Waals surface area contributed by atoms with E-state index in [-0.39, 0.29) is 11.9 Å². The van der Waals surface area contributed by atoms with Crippen molar-refractivity contribution >= 4 is 5.91 Å². The number of carbonyl (C=O) groups is 1. The molecular formula is C23H33N3O3+2. The van der Waals surface area contributed by atoms with E-state index in [1.54, 1.807) is 19.1 Å². The topological polar surface area (TPSA) is 56.4 Å². The second-order valence-electron chi connectivity index (χ2n) is 7.70. The maximum Gasteiger partial charge on any atom is 0.278 e. The average molecular weight is 400 g/mol. The van der Waals surface area contributed by atoms with Crippen molar-refractivity contribution in [3.63, 3.8) is 0 Å². The number of carbonyl (C=O) groups excluding carboxylic acids is 1. The number of nitrogens with one attached hydrogen (secondary N) is 3. The van der Waals surface area contributed by atoms with Gasteiger partial charge in [0.15, 0.2) is 17.5 Å². The molecule has 0 aromatic heterocycles. The van der Waals surface area contributed by atoms with E-state index in [2.05, 4.69) is 35.6 Å². The zero-order valence-corrected chi connectivity index (χ0v) is 17.7. The van der Waals surface area contributed by atoms with Crippen molar-refractivity contribution in [2.75, 3.05) is 40.4 Å². The van der Waals surface area contributed by atoms with E-state index >= 15 is 0 Å². The van der Waals surface area contributed by atoms with Crippen LogP contribution in [0.1, 0.15) is 18.1 Å². The third-order valence-electron chi connectivity index (χ3n) is 5.82. The molecule has 0 bridgehead atoms. The van der Waals surface area contributed by atoms with Crippen molar-refractivity contribution < 1.29 is 24.1 Å². The fourth-order valence-electron chi connectivity index (χ4n) is 3.94. The standard InChI is InChI=1S/C23H31N3O3/c1-18(23(27)24-16-20-9-10-21(28-2)22(15-20)29-3)26-13-11-25(12-14-26)17-19-7-5-4-6-8-19/h4-10,15,18H,11-14,16-17H2,1-3H3,(H,24,27)/p+2/t18-/m1/s1. The normalized spacial score (nSPS) is 20.0. The monoisotopic (exact) mass is 399 g/mol. The van der Waals surface area contributed by atoms with Crippen molar-refractivity contribution in [2.24, 2.45) is 0 Å². The predicted molar refractivity (Wildman–Crippen MR) is 112 cm³/mol. The number of piperazine rings is 1. The van der Waals surface area contributed by atoms with Crippen LogP contribution >= 0.6 is 0 Å². The van der Waals surface area contributed by atoms with E-state index in [4.69, 9.17) is 9.47 Å². The Labute approximate surface area is 173 Å². The Morgan fingerprint density at radius 3 is 2.31 bits per heavy atom. The van der Waals surface area contributed by atoms with Gasteiger partial charge in [-0.1, -0.05) is 36.4 Å². The second kappa shape index (κ2) is 10.3. The van der Waals surface area contributed by atoms with Crippen LogP contribution in [0.15, 0.2) is 48.5 Å². The van der Waals surface area contributed by atoms with Gasteiger partial charge in [0.2, 0.25) is 0 Å². The molecule has 3 N–H and O–H groups in total. The lowest BCUT2D eigenvalue weighted by atomic mass is 10.1. The molecule has 1 saturated heterocycles. The van der Waals surface area contributed by atoms with Crippen molar-refractivity contribution in [1.82, 2.24) is 5.32 Å². The fourth-order valence-corrected chi connectivity index (χ4v) is 3.94. The minimum absolute atomic E-state index is 0.0478. The molecule has 2 aromatic rings. The number of methoxy groups -OCH3 is 2. The van der Waals surface area contributed by atoms with Crippen LogP contribution in [0.5, 0.6) is 11.5 Å². The SMILES string of the molecule is COc1ccc(CNC(=O)[C@@H](C)[NH+]2CC[NH+](Cc3ccccc3)CC2)cc1OC. The van der Waals surface area contributed by atoms with Crippen molar-refractivity contribution in [1.29, 1.82) is 0 Å². The molecule has 156 valence electrons. The Hall–Kier alpha value is -2.57. The molecule has 6 heteroatoms. The molecule has 1 fully saturated rings. The van der Waals surface area contributed by atoms with Gasteiger partial charge in [-0.05, 0) is 24.6 Å². The minimum atomic E-state index is -0.0478. The summed E-state index contributed by atoms with van der Waals surface area (Å²) in [6.45, 7) is 7.81. The molecule has 0 unspecified atom stereocenters. The van der Waals surface area contributed by atoms with Crippen molar-refractivity contribution in [3.8, 4) is 11.5 Å². The fraction of sp³-hybridized carbons (Fsp3) is 0.435. The summed E-state index contributed by atoms with van der Waals surface area (Å²) >= 11 is 0. The first-order valence-electron chi connectivity index (χ1n) is 10.3. The van der Waals surface area contributed by atoms with Crippen LogP contribution in [0.3, 0.4) is 0 Å². The largest absolute Gasteiger partial charge is 0.493 e. The highest BCUT2D eigenvalue weighted by molar-refractivity contribution is 5.79. The zero-order chi connectivity index (χ0) is 20.6. The molecule has 0 spiro atoms. The van der Waals surface area contributed by atoms with Gasteiger partial charge >= 0.3 is 0 Å². The number of ether oxygens (including phenoxy) is 2. The Morgan fingerprint density at radius 1 is 0.966 bits per heavy atom. The summed E-state index contributed by atoms with van der Waals surface area (Å²) < 4.78 is 10.6. The first-order valence-corrected chi connectivity index (χ1v) is 10.3. The summed E-state index contributed by atoms with van der Waals surface area (Å²) in [7, 11) is 3.23. The van der Waals surface area contributed by atoms with Crippen LogP contribution < -0.4 is 24.6 Å². The molecule has 1 aliphatic heterocycles. The molecule has 0 aliphatic carbocycles. The van der Waals surface area contributed by atoms with Crippen LogP contribution in [0.2, 0.25) is 0 Å². The maximum atomic E-state index is 12.7. The van der Waals surface area contributed by atoms with Gasteiger partial charge in [0.25, 0.3) is 5.91 Å². The quantitative estimate of drug-likeness (QED) is 0.571. The van der Waals surface area contributed by atoms with Gasteiger partial charge in [-0.25, -0.2) is 0 Å². The molecule has 2 aromatic carbocycles. The number of benzene rings is 2. The van der Waals surface area contributed by atoms with Gasteiger partial charge in [0.05, 0.1) is 14.2 Å². The van der Waals surface area contributed by atoms with Gasteiger partial charge in [-0.15, -0.1) is 0 Å². The smallest absolute Gasteiger partial charge is 0.278 e. The second-order valence-corrected chi connectivity index (χ2v) is 7.70. The molecule has 1 amide bonds. The highest BCUT2D eigenvalue weighted by atomic mass is 16.5. The van der Waals surface area contributed by atoms with Crippen LogP contribution in [-0.2, 0) is 17.9 Å². The number of hydrogen-bond donors (Lipinski definition) is 3. The number of quaternary nitrogens is 2. The summed E-state index contributed by atoms with van der Waals surface area (Å²) in [5.74, 6) is 1.47. The first-order chi connectivity index (χ1) is 14.1. The Kier molecular flexibility index (Phi) is 7.49. The summed E-state index contributed by atoms with van der Waals surface area (Å²) in [6.07, 6.45) is 0.